The van der Waals surface area contributed by atoms with Crippen LogP contribution in [-0.2, 0) is 13.1 Å². The van der Waals surface area contributed by atoms with Gasteiger partial charge in [-0.25, -0.2) is 14.2 Å². The monoisotopic (exact) mass is 929 g/mol. The molecule has 2 fully saturated rings. The van der Waals surface area contributed by atoms with Gasteiger partial charge in [-0.05, 0) is 94.8 Å². The van der Waals surface area contributed by atoms with Gasteiger partial charge in [0.15, 0.2) is 12.4 Å². The van der Waals surface area contributed by atoms with Crippen molar-refractivity contribution in [2.24, 2.45) is 5.41 Å². The molecule has 2 aliphatic heterocycles. The number of aryl methyl sites for hydroxylation is 1. The van der Waals surface area contributed by atoms with Gasteiger partial charge >= 0.3 is 18.3 Å². The number of pyridine rings is 2. The highest BCUT2D eigenvalue weighted by molar-refractivity contribution is 14.1. The van der Waals surface area contributed by atoms with Crippen molar-refractivity contribution >= 4 is 51.2 Å². The van der Waals surface area contributed by atoms with E-state index in [1.54, 1.807) is 19.1 Å². The predicted octanol–water partition coefficient (Wildman–Crippen LogP) is 9.05. The number of hydrogen-bond acceptors (Lipinski definition) is 10. The number of ether oxygens (including phenoxy) is 3. The first kappa shape index (κ1) is 41.9. The van der Waals surface area contributed by atoms with Crippen LogP contribution in [0.1, 0.15) is 50.3 Å². The zero-order chi connectivity index (χ0) is 42.4. The molecule has 5 heterocycles. The van der Waals surface area contributed by atoms with Crippen LogP contribution in [-0.4, -0.2) is 87.7 Å². The van der Waals surface area contributed by atoms with Crippen LogP contribution in [0.4, 0.5) is 34.0 Å². The van der Waals surface area contributed by atoms with Crippen LogP contribution in [0, 0.1) is 21.7 Å². The minimum Gasteiger partial charge on any atom is -0.497 e. The molecule has 12 nitrogen and oxygen atoms in total. The third-order valence-corrected chi connectivity index (χ3v) is 12.6. The maximum atomic E-state index is 17.2. The number of anilines is 2. The van der Waals surface area contributed by atoms with Crippen molar-refractivity contribution in [2.45, 2.75) is 71.4 Å². The molecule has 2 aliphatic rings. The third kappa shape index (κ3) is 8.34. The predicted molar refractivity (Wildman–Crippen MR) is 223 cm³/mol. The van der Waals surface area contributed by atoms with Gasteiger partial charge in [0.1, 0.15) is 40.0 Å². The van der Waals surface area contributed by atoms with Gasteiger partial charge in [-0.2, -0.15) is 23.1 Å². The highest BCUT2D eigenvalue weighted by atomic mass is 127. The van der Waals surface area contributed by atoms with Crippen LogP contribution >= 0.6 is 22.6 Å². The van der Waals surface area contributed by atoms with E-state index in [2.05, 4.69) is 42.4 Å². The van der Waals surface area contributed by atoms with Crippen LogP contribution < -0.4 is 24.0 Å². The van der Waals surface area contributed by atoms with Crippen LogP contribution in [0.15, 0.2) is 60.8 Å². The summed E-state index contributed by atoms with van der Waals surface area (Å²) in [5, 5.41) is 10.4. The zero-order valence-corrected chi connectivity index (χ0v) is 35.6. The topological polar surface area (TPSA) is 126 Å². The van der Waals surface area contributed by atoms with E-state index in [4.69, 9.17) is 19.2 Å². The van der Waals surface area contributed by atoms with Crippen molar-refractivity contribution in [3.05, 3.63) is 86.9 Å². The Bertz CT molecular complexity index is 2310. The maximum Gasteiger partial charge on any atom is 0.422 e. The number of aromatic nitrogens is 4. The molecule has 0 spiro atoms. The molecule has 2 saturated heterocycles. The highest BCUT2D eigenvalue weighted by Gasteiger charge is 2.59. The van der Waals surface area contributed by atoms with E-state index in [1.165, 1.54) is 11.1 Å². The molecule has 2 atom stereocenters. The van der Waals surface area contributed by atoms with E-state index in [0.717, 1.165) is 16.7 Å². The molecule has 2 bridgehead atoms. The smallest absolute Gasteiger partial charge is 0.422 e. The Hall–Kier alpha value is -5.20. The van der Waals surface area contributed by atoms with Gasteiger partial charge in [0.2, 0.25) is 0 Å². The van der Waals surface area contributed by atoms with Gasteiger partial charge in [-0.15, -0.1) is 0 Å². The van der Waals surface area contributed by atoms with Crippen LogP contribution in [0.3, 0.4) is 0 Å². The van der Waals surface area contributed by atoms with E-state index in [-0.39, 0.29) is 41.2 Å². The SMILES string of the molecule is COc1ccc(CN(Cc2ccc(OC)cc2)c2cc(C)c(I)c(-c3ncc4c(N5C[C@@H]6CC[C@@](C(C)(C)C)(C5)N6C(=O)O)nc(OCC(F)(F)F)nc4c3F)n2)cc1. The summed E-state index contributed by atoms with van der Waals surface area (Å²) in [6.07, 6.45) is -3.23. The number of fused-ring (bicyclic) bond motifs is 3. The van der Waals surface area contributed by atoms with E-state index in [0.29, 0.717) is 46.8 Å². The minimum atomic E-state index is -4.72. The summed E-state index contributed by atoms with van der Waals surface area (Å²) in [6, 6.07) is 16.1. The molecule has 17 heteroatoms. The Morgan fingerprint density at radius 3 is 2.12 bits per heavy atom. The fourth-order valence-electron chi connectivity index (χ4n) is 8.16. The van der Waals surface area contributed by atoms with Gasteiger partial charge in [-0.1, -0.05) is 45.0 Å². The molecule has 3 aromatic heterocycles. The number of alkyl halides is 3. The summed E-state index contributed by atoms with van der Waals surface area (Å²) in [6.45, 7) is 7.25. The lowest BCUT2D eigenvalue weighted by Gasteiger charge is -2.54. The first-order chi connectivity index (χ1) is 27.9. The van der Waals surface area contributed by atoms with Gasteiger partial charge in [0.25, 0.3) is 0 Å². The molecular formula is C42H44F4IN7O5. The average molecular weight is 930 g/mol. The van der Waals surface area contributed by atoms with Crippen LogP contribution in [0.2, 0.25) is 0 Å². The second kappa shape index (κ2) is 16.1. The number of piperazine rings is 1. The summed E-state index contributed by atoms with van der Waals surface area (Å²) in [4.78, 5) is 36.1. The quantitative estimate of drug-likeness (QED) is 0.101. The number of amides is 1. The van der Waals surface area contributed by atoms with Gasteiger partial charge < -0.3 is 29.1 Å². The van der Waals surface area contributed by atoms with Crippen LogP contribution in [0.5, 0.6) is 17.5 Å². The maximum absolute atomic E-state index is 17.2. The number of nitrogens with zero attached hydrogens (tertiary/aromatic N) is 7. The largest absolute Gasteiger partial charge is 0.497 e. The highest BCUT2D eigenvalue weighted by Crippen LogP contribution is 2.50. The lowest BCUT2D eigenvalue weighted by Crippen LogP contribution is -2.68. The second-order valence-corrected chi connectivity index (χ2v) is 17.0. The fraction of sp³-hybridized carbons (Fsp3) is 0.405. The number of rotatable bonds is 11. The molecule has 0 radical (unpaired) electrons. The van der Waals surface area contributed by atoms with Crippen molar-refractivity contribution in [2.75, 3.05) is 43.7 Å². The molecule has 0 saturated carbocycles. The van der Waals surface area contributed by atoms with E-state index in [9.17, 15) is 23.1 Å². The number of halogens is 5. The number of carbonyl (C=O) groups is 1. The zero-order valence-electron chi connectivity index (χ0n) is 33.4. The molecule has 0 unspecified atom stereocenters. The summed E-state index contributed by atoms with van der Waals surface area (Å²) >= 11 is 2.09. The van der Waals surface area contributed by atoms with E-state index in [1.807, 2.05) is 82.3 Å². The summed E-state index contributed by atoms with van der Waals surface area (Å²) in [5.41, 5.74) is 1.09. The molecule has 59 heavy (non-hydrogen) atoms. The number of hydrogen-bond donors (Lipinski definition) is 1. The van der Waals surface area contributed by atoms with Crippen molar-refractivity contribution < 1.29 is 41.7 Å². The normalized spacial score (nSPS) is 18.0. The molecule has 2 aromatic carbocycles. The number of carboxylic acid groups (broad SMARTS) is 1. The molecule has 312 valence electrons. The van der Waals surface area contributed by atoms with Crippen LogP contribution in [0.25, 0.3) is 22.3 Å². The first-order valence-corrected chi connectivity index (χ1v) is 20.0. The molecule has 1 amide bonds. The molecule has 5 aromatic rings. The number of methoxy groups -OCH3 is 2. The Morgan fingerprint density at radius 2 is 1.58 bits per heavy atom. The third-order valence-electron chi connectivity index (χ3n) is 11.3. The molecule has 7 rings (SSSR count). The standard InChI is InChI=1S/C42H44F4IN7O5/c1-24-17-31(52(19-25-7-11-28(57-5)12-8-25)20-26-9-13-29(58-6)14-10-26)49-36(33(24)47)35-32(43)34-30(18-48-35)37(51-38(50-34)59-23-42(44,45)46)53-21-27-15-16-41(22-53,40(2,3)4)54(27)39(55)56/h7-14,17-18,27H,15-16,19-23H2,1-6H3,(H,55,56)/t27-,41-/m0/s1. The van der Waals surface area contributed by atoms with Gasteiger partial charge in [0, 0.05) is 35.9 Å². The van der Waals surface area contributed by atoms with Crippen molar-refractivity contribution in [1.82, 2.24) is 24.8 Å². The second-order valence-electron chi connectivity index (χ2n) is 15.9. The lowest BCUT2D eigenvalue weighted by molar-refractivity contribution is -0.154. The summed E-state index contributed by atoms with van der Waals surface area (Å²) in [7, 11) is 3.20. The molecular weight excluding hydrogens is 885 g/mol. The first-order valence-electron chi connectivity index (χ1n) is 18.9. The van der Waals surface area contributed by atoms with Gasteiger partial charge in [0.05, 0.1) is 31.2 Å². The Kier molecular flexibility index (Phi) is 11.4. The summed E-state index contributed by atoms with van der Waals surface area (Å²) in [5.74, 6) is 1.14. The average Bonchev–Trinajstić information content (AvgIpc) is 3.45. The fourth-order valence-corrected chi connectivity index (χ4v) is 8.69. The number of benzene rings is 2. The van der Waals surface area contributed by atoms with Crippen molar-refractivity contribution in [1.29, 1.82) is 0 Å². The Labute approximate surface area is 352 Å². The Balaban J connectivity index is 1.34. The van der Waals surface area contributed by atoms with E-state index >= 15 is 4.39 Å². The van der Waals surface area contributed by atoms with Gasteiger partial charge in [-0.3, -0.25) is 9.88 Å². The minimum absolute atomic E-state index is 0.105. The summed E-state index contributed by atoms with van der Waals surface area (Å²) < 4.78 is 74.0. The molecule has 0 aliphatic carbocycles. The van der Waals surface area contributed by atoms with Crippen molar-refractivity contribution in [3.63, 3.8) is 0 Å². The lowest BCUT2D eigenvalue weighted by atomic mass is 9.71. The van der Waals surface area contributed by atoms with E-state index < -0.39 is 47.7 Å². The molecule has 1 N–H and O–H groups in total. The Morgan fingerprint density at radius 1 is 0.966 bits per heavy atom. The van der Waals surface area contributed by atoms with Crippen molar-refractivity contribution in [3.8, 4) is 28.9 Å².